The highest BCUT2D eigenvalue weighted by Crippen LogP contribution is 2.45. The second-order valence-electron chi connectivity index (χ2n) is 25.3. The molecular weight excluding hydrogens is 1130 g/mol. The number of phosphoric acid groups is 2. The number of carbonyl (C=O) groups is 4. The molecule has 0 rings (SSSR count). The maximum Gasteiger partial charge on any atom is 0.472 e. The van der Waals surface area contributed by atoms with Crippen molar-refractivity contribution in [1.82, 2.24) is 0 Å². The number of hydrogen-bond acceptors (Lipinski definition) is 15. The standard InChI is InChI=1S/C66H128O17P2/c1-8-9-10-11-12-13-20-25-35-42-49-65(70)83-62(54-77-64(69)48-41-34-29-28-32-39-46-59(6)7)56-81-85(74,75)79-52-60(67)51-78-84(72,73)80-55-61(53-76-63(68)47-40-33-27-22-24-31-38-45-58(4)5)82-66(71)50-43-36-26-21-18-16-14-15-17-19-23-30-37-44-57(2)3/h57-62,67H,8-56H2,1-7H3,(H,72,73)(H,74,75)/t60-,61-,62-/m1/s1. The smallest absolute Gasteiger partial charge is 0.462 e. The molecule has 0 bridgehead atoms. The highest BCUT2D eigenvalue weighted by Gasteiger charge is 2.30. The molecule has 0 aliphatic rings. The molecule has 0 aromatic rings. The quantitative estimate of drug-likeness (QED) is 0.0222. The van der Waals surface area contributed by atoms with Crippen LogP contribution in [0.1, 0.15) is 325 Å². The van der Waals surface area contributed by atoms with E-state index >= 15 is 0 Å². The van der Waals surface area contributed by atoms with E-state index in [0.717, 1.165) is 109 Å². The van der Waals surface area contributed by atoms with Gasteiger partial charge in [0, 0.05) is 25.7 Å². The van der Waals surface area contributed by atoms with Gasteiger partial charge in [-0.25, -0.2) is 9.13 Å². The Balaban J connectivity index is 5.22. The number of phosphoric ester groups is 2. The Labute approximate surface area is 517 Å². The van der Waals surface area contributed by atoms with Crippen molar-refractivity contribution in [2.24, 2.45) is 17.8 Å². The van der Waals surface area contributed by atoms with Crippen molar-refractivity contribution in [1.29, 1.82) is 0 Å². The predicted octanol–water partition coefficient (Wildman–Crippen LogP) is 18.3. The van der Waals surface area contributed by atoms with Crippen LogP contribution in [0.25, 0.3) is 0 Å². The van der Waals surface area contributed by atoms with E-state index in [4.69, 9.17) is 37.0 Å². The Kier molecular flexibility index (Phi) is 55.9. The van der Waals surface area contributed by atoms with E-state index in [9.17, 15) is 43.2 Å². The largest absolute Gasteiger partial charge is 0.472 e. The maximum absolute atomic E-state index is 13.0. The predicted molar refractivity (Wildman–Crippen MR) is 340 cm³/mol. The lowest BCUT2D eigenvalue weighted by atomic mass is 10.0. The van der Waals surface area contributed by atoms with Gasteiger partial charge in [0.05, 0.1) is 26.4 Å². The lowest BCUT2D eigenvalue weighted by molar-refractivity contribution is -0.161. The molecule has 17 nitrogen and oxygen atoms in total. The van der Waals surface area contributed by atoms with Gasteiger partial charge in [-0.15, -0.1) is 0 Å². The minimum absolute atomic E-state index is 0.105. The van der Waals surface area contributed by atoms with Crippen molar-refractivity contribution in [3.05, 3.63) is 0 Å². The average Bonchev–Trinajstić information content (AvgIpc) is 3.55. The highest BCUT2D eigenvalue weighted by atomic mass is 31.2. The zero-order valence-corrected chi connectivity index (χ0v) is 56.9. The summed E-state index contributed by atoms with van der Waals surface area (Å²) >= 11 is 0. The minimum Gasteiger partial charge on any atom is -0.462 e. The van der Waals surface area contributed by atoms with Gasteiger partial charge in [-0.1, -0.05) is 273 Å². The number of hydrogen-bond donors (Lipinski definition) is 3. The number of unbranched alkanes of at least 4 members (excludes halogenated alkanes) is 32. The first-order valence-corrected chi connectivity index (χ1v) is 37.3. The van der Waals surface area contributed by atoms with Crippen molar-refractivity contribution in [2.75, 3.05) is 39.6 Å². The molecule has 0 saturated carbocycles. The summed E-state index contributed by atoms with van der Waals surface area (Å²) in [5.41, 5.74) is 0. The second-order valence-corrected chi connectivity index (χ2v) is 28.2. The monoisotopic (exact) mass is 1250 g/mol. The molecule has 3 N–H and O–H groups in total. The second kappa shape index (κ2) is 57.2. The summed E-state index contributed by atoms with van der Waals surface area (Å²) in [6, 6.07) is 0. The van der Waals surface area contributed by atoms with E-state index in [2.05, 4.69) is 48.5 Å². The van der Waals surface area contributed by atoms with Crippen LogP contribution in [0.5, 0.6) is 0 Å². The van der Waals surface area contributed by atoms with Gasteiger partial charge < -0.3 is 33.8 Å². The Morgan fingerprint density at radius 3 is 0.800 bits per heavy atom. The van der Waals surface area contributed by atoms with Gasteiger partial charge in [0.1, 0.15) is 19.3 Å². The lowest BCUT2D eigenvalue weighted by Gasteiger charge is -2.21. The number of aliphatic hydroxyl groups excluding tert-OH is 1. The first kappa shape index (κ1) is 83.1. The molecule has 0 fully saturated rings. The molecule has 2 unspecified atom stereocenters. The third-order valence-electron chi connectivity index (χ3n) is 15.1. The molecule has 19 heteroatoms. The molecule has 5 atom stereocenters. The Morgan fingerprint density at radius 2 is 0.541 bits per heavy atom. The third-order valence-corrected chi connectivity index (χ3v) is 17.0. The van der Waals surface area contributed by atoms with Gasteiger partial charge in [-0.05, 0) is 43.4 Å². The van der Waals surface area contributed by atoms with Crippen molar-refractivity contribution in [2.45, 2.75) is 343 Å². The van der Waals surface area contributed by atoms with Crippen LogP contribution in [0.4, 0.5) is 0 Å². The number of ether oxygens (including phenoxy) is 4. The summed E-state index contributed by atoms with van der Waals surface area (Å²) in [5.74, 6) is 0.0364. The van der Waals surface area contributed by atoms with Crippen LogP contribution < -0.4 is 0 Å². The van der Waals surface area contributed by atoms with Crippen molar-refractivity contribution >= 4 is 39.5 Å². The van der Waals surface area contributed by atoms with Crippen LogP contribution in [-0.2, 0) is 65.4 Å². The topological polar surface area (TPSA) is 237 Å². The summed E-state index contributed by atoms with van der Waals surface area (Å²) in [7, 11) is -9.89. The number of esters is 4. The highest BCUT2D eigenvalue weighted by molar-refractivity contribution is 7.47. The normalized spacial score (nSPS) is 14.3. The zero-order chi connectivity index (χ0) is 63.1. The molecule has 0 spiro atoms. The number of rotatable bonds is 64. The molecule has 0 aromatic carbocycles. The van der Waals surface area contributed by atoms with Crippen molar-refractivity contribution < 1.29 is 80.2 Å². The van der Waals surface area contributed by atoms with Gasteiger partial charge in [-0.3, -0.25) is 37.3 Å². The fourth-order valence-electron chi connectivity index (χ4n) is 9.83. The van der Waals surface area contributed by atoms with E-state index in [1.165, 1.54) is 122 Å². The van der Waals surface area contributed by atoms with Gasteiger partial charge >= 0.3 is 39.5 Å². The van der Waals surface area contributed by atoms with E-state index in [-0.39, 0.29) is 25.7 Å². The van der Waals surface area contributed by atoms with Gasteiger partial charge in [0.25, 0.3) is 0 Å². The Morgan fingerprint density at radius 1 is 0.318 bits per heavy atom. The zero-order valence-electron chi connectivity index (χ0n) is 55.1. The van der Waals surface area contributed by atoms with Crippen LogP contribution >= 0.6 is 15.6 Å². The maximum atomic E-state index is 13.0. The van der Waals surface area contributed by atoms with Gasteiger partial charge in [0.2, 0.25) is 0 Å². The first-order chi connectivity index (χ1) is 40.7. The summed E-state index contributed by atoms with van der Waals surface area (Å²) in [4.78, 5) is 72.2. The average molecular weight is 1260 g/mol. The van der Waals surface area contributed by atoms with Gasteiger partial charge in [0.15, 0.2) is 12.2 Å². The molecule has 0 aliphatic heterocycles. The van der Waals surface area contributed by atoms with Crippen LogP contribution in [0.15, 0.2) is 0 Å². The molecule has 0 radical (unpaired) electrons. The molecule has 0 saturated heterocycles. The summed E-state index contributed by atoms with van der Waals surface area (Å²) in [6.07, 6.45) is 39.1. The van der Waals surface area contributed by atoms with Crippen molar-refractivity contribution in [3.63, 3.8) is 0 Å². The Bertz CT molecular complexity index is 1680. The molecule has 0 aliphatic carbocycles. The molecule has 85 heavy (non-hydrogen) atoms. The lowest BCUT2D eigenvalue weighted by Crippen LogP contribution is -2.30. The molecule has 504 valence electrons. The fourth-order valence-corrected chi connectivity index (χ4v) is 11.4. The van der Waals surface area contributed by atoms with Crippen LogP contribution in [-0.4, -0.2) is 96.7 Å². The van der Waals surface area contributed by atoms with E-state index in [1.54, 1.807) is 0 Å². The third kappa shape index (κ3) is 60.7. The molecular formula is C66H128O17P2. The Hall–Kier alpha value is -1.94. The van der Waals surface area contributed by atoms with Crippen LogP contribution in [0, 0.1) is 17.8 Å². The van der Waals surface area contributed by atoms with Gasteiger partial charge in [-0.2, -0.15) is 0 Å². The number of aliphatic hydroxyl groups is 1. The summed E-state index contributed by atoms with van der Waals surface area (Å²) in [5, 5.41) is 10.5. The van der Waals surface area contributed by atoms with Crippen LogP contribution in [0.3, 0.4) is 0 Å². The molecule has 0 heterocycles. The molecule has 0 aromatic heterocycles. The first-order valence-electron chi connectivity index (χ1n) is 34.3. The van der Waals surface area contributed by atoms with E-state index in [1.807, 2.05) is 0 Å². The van der Waals surface area contributed by atoms with E-state index < -0.39 is 97.5 Å². The number of carbonyl (C=O) groups excluding carboxylic acids is 4. The minimum atomic E-state index is -4.95. The SMILES string of the molecule is CCCCCCCCCCCCC(=O)O[C@H](COC(=O)CCCCCCCCC(C)C)COP(=O)(O)OC[C@H](O)COP(=O)(O)OC[C@@H](COC(=O)CCCCCCCCCC(C)C)OC(=O)CCCCCCCCCCCCCCCC(C)C. The van der Waals surface area contributed by atoms with Crippen molar-refractivity contribution in [3.8, 4) is 0 Å². The molecule has 0 amide bonds. The van der Waals surface area contributed by atoms with E-state index in [0.29, 0.717) is 37.5 Å². The van der Waals surface area contributed by atoms with Crippen LogP contribution in [0.2, 0.25) is 0 Å². The fraction of sp³-hybridized carbons (Fsp3) is 0.939. The summed E-state index contributed by atoms with van der Waals surface area (Å²) < 4.78 is 68.0. The summed E-state index contributed by atoms with van der Waals surface area (Å²) in [6.45, 7) is 11.7.